The molecule has 0 radical (unpaired) electrons. The number of carbonyl (C=O) groups is 1. The van der Waals surface area contributed by atoms with Gasteiger partial charge in [-0.05, 0) is 48.2 Å². The molecule has 0 aliphatic heterocycles. The van der Waals surface area contributed by atoms with Gasteiger partial charge in [0.05, 0.1) is 10.6 Å². The van der Waals surface area contributed by atoms with Gasteiger partial charge in [0.25, 0.3) is 5.91 Å². The van der Waals surface area contributed by atoms with Crippen molar-refractivity contribution in [2.24, 2.45) is 0 Å². The highest BCUT2D eigenvalue weighted by atomic mass is 32.1. The van der Waals surface area contributed by atoms with Crippen LogP contribution in [0.2, 0.25) is 0 Å². The molecule has 1 N–H and O–H groups in total. The number of rotatable bonds is 7. The van der Waals surface area contributed by atoms with Gasteiger partial charge in [-0.2, -0.15) is 5.10 Å². The van der Waals surface area contributed by atoms with Crippen LogP contribution in [0.4, 0.5) is 4.39 Å². The largest absolute Gasteiger partial charge is 0.351 e. The molecule has 4 nitrogen and oxygen atoms in total. The van der Waals surface area contributed by atoms with Gasteiger partial charge in [0.2, 0.25) is 0 Å². The van der Waals surface area contributed by atoms with E-state index in [1.807, 2.05) is 17.5 Å². The number of hydrogen-bond acceptors (Lipinski definition) is 3. The number of benzene rings is 1. The molecule has 0 bridgehead atoms. The number of hydrogen-bond donors (Lipinski definition) is 1. The van der Waals surface area contributed by atoms with Gasteiger partial charge in [0, 0.05) is 6.54 Å². The lowest BCUT2D eigenvalue weighted by Gasteiger charge is -2.08. The lowest BCUT2D eigenvalue weighted by Crippen LogP contribution is -2.26. The van der Waals surface area contributed by atoms with Crippen molar-refractivity contribution in [3.63, 3.8) is 0 Å². The molecule has 0 saturated heterocycles. The zero-order chi connectivity index (χ0) is 17.6. The number of amides is 1. The second-order valence-electron chi connectivity index (χ2n) is 5.74. The molecule has 1 amide bonds. The summed E-state index contributed by atoms with van der Waals surface area (Å²) in [5.41, 5.74) is 1.84. The Morgan fingerprint density at radius 2 is 2.04 bits per heavy atom. The van der Waals surface area contributed by atoms with Crippen LogP contribution in [0.1, 0.15) is 36.7 Å². The van der Waals surface area contributed by atoms with Crippen LogP contribution in [0.3, 0.4) is 0 Å². The molecule has 0 fully saturated rings. The molecular weight excluding hydrogens is 337 g/mol. The zero-order valence-corrected chi connectivity index (χ0v) is 14.9. The van der Waals surface area contributed by atoms with Crippen molar-refractivity contribution in [1.82, 2.24) is 15.1 Å². The second kappa shape index (κ2) is 8.07. The minimum Gasteiger partial charge on any atom is -0.351 e. The molecule has 0 atom stereocenters. The Hall–Kier alpha value is -2.47. The van der Waals surface area contributed by atoms with E-state index < -0.39 is 0 Å². The van der Waals surface area contributed by atoms with Crippen molar-refractivity contribution >= 4 is 17.2 Å². The Labute approximate surface area is 150 Å². The first-order valence-corrected chi connectivity index (χ1v) is 9.25. The van der Waals surface area contributed by atoms with Gasteiger partial charge in [0.1, 0.15) is 17.2 Å². The Morgan fingerprint density at radius 1 is 1.24 bits per heavy atom. The normalized spacial score (nSPS) is 10.8. The van der Waals surface area contributed by atoms with E-state index in [4.69, 9.17) is 0 Å². The number of aromatic nitrogens is 2. The second-order valence-corrected chi connectivity index (χ2v) is 6.69. The summed E-state index contributed by atoms with van der Waals surface area (Å²) in [6.45, 7) is 2.76. The SMILES string of the molecule is CCCCCNC(=O)c1cc(-c2cccs2)nn1-c1ccc(F)cc1. The molecule has 3 aromatic rings. The summed E-state index contributed by atoms with van der Waals surface area (Å²) in [5, 5.41) is 9.47. The fraction of sp³-hybridized carbons (Fsp3) is 0.263. The number of carbonyl (C=O) groups excluding carboxylic acids is 1. The summed E-state index contributed by atoms with van der Waals surface area (Å²) in [6, 6.07) is 11.7. The first kappa shape index (κ1) is 17.4. The molecule has 2 aromatic heterocycles. The Morgan fingerprint density at radius 3 is 2.72 bits per heavy atom. The summed E-state index contributed by atoms with van der Waals surface area (Å²) in [7, 11) is 0. The summed E-state index contributed by atoms with van der Waals surface area (Å²) in [6.07, 6.45) is 3.13. The molecule has 0 unspecified atom stereocenters. The van der Waals surface area contributed by atoms with Crippen LogP contribution in [0.5, 0.6) is 0 Å². The topological polar surface area (TPSA) is 46.9 Å². The highest BCUT2D eigenvalue weighted by Gasteiger charge is 2.17. The zero-order valence-electron chi connectivity index (χ0n) is 14.0. The van der Waals surface area contributed by atoms with Gasteiger partial charge in [-0.1, -0.05) is 25.8 Å². The average Bonchev–Trinajstić information content (AvgIpc) is 3.28. The summed E-state index contributed by atoms with van der Waals surface area (Å²) >= 11 is 1.56. The van der Waals surface area contributed by atoms with Crippen LogP contribution >= 0.6 is 11.3 Å². The molecule has 0 saturated carbocycles. The maximum Gasteiger partial charge on any atom is 0.270 e. The number of nitrogens with one attached hydrogen (secondary N) is 1. The molecule has 6 heteroatoms. The van der Waals surface area contributed by atoms with Crippen LogP contribution in [0.15, 0.2) is 47.8 Å². The minimum absolute atomic E-state index is 0.171. The van der Waals surface area contributed by atoms with E-state index >= 15 is 0 Å². The predicted octanol–water partition coefficient (Wildman–Crippen LogP) is 4.66. The van der Waals surface area contributed by atoms with Crippen LogP contribution in [-0.2, 0) is 0 Å². The van der Waals surface area contributed by atoms with E-state index in [9.17, 15) is 9.18 Å². The molecule has 1 aromatic carbocycles. The van der Waals surface area contributed by atoms with Crippen LogP contribution in [0.25, 0.3) is 16.3 Å². The van der Waals surface area contributed by atoms with E-state index in [-0.39, 0.29) is 11.7 Å². The Balaban J connectivity index is 1.91. The fourth-order valence-corrected chi connectivity index (χ4v) is 3.22. The van der Waals surface area contributed by atoms with E-state index in [0.717, 1.165) is 29.8 Å². The molecule has 0 aliphatic carbocycles. The third-order valence-electron chi connectivity index (χ3n) is 3.85. The van der Waals surface area contributed by atoms with Gasteiger partial charge in [-0.15, -0.1) is 11.3 Å². The van der Waals surface area contributed by atoms with Gasteiger partial charge in [-0.3, -0.25) is 4.79 Å². The molecule has 0 aliphatic rings. The fourth-order valence-electron chi connectivity index (χ4n) is 2.53. The summed E-state index contributed by atoms with van der Waals surface area (Å²) in [5.74, 6) is -0.490. The Bertz CT molecular complexity index is 825. The Kier molecular flexibility index (Phi) is 5.60. The van der Waals surface area contributed by atoms with E-state index in [1.165, 1.54) is 12.1 Å². The predicted molar refractivity (Wildman–Crippen MR) is 98.7 cm³/mol. The highest BCUT2D eigenvalue weighted by Crippen LogP contribution is 2.25. The quantitative estimate of drug-likeness (QED) is 0.625. The van der Waals surface area contributed by atoms with E-state index in [2.05, 4.69) is 17.3 Å². The molecule has 2 heterocycles. The van der Waals surface area contributed by atoms with Crippen molar-refractivity contribution in [2.75, 3.05) is 6.54 Å². The number of thiophene rings is 1. The van der Waals surface area contributed by atoms with Crippen molar-refractivity contribution < 1.29 is 9.18 Å². The molecule has 0 spiro atoms. The smallest absolute Gasteiger partial charge is 0.270 e. The number of halogens is 1. The maximum absolute atomic E-state index is 13.2. The van der Waals surface area contributed by atoms with E-state index in [0.29, 0.717) is 17.9 Å². The van der Waals surface area contributed by atoms with Crippen molar-refractivity contribution in [2.45, 2.75) is 26.2 Å². The van der Waals surface area contributed by atoms with Gasteiger partial charge >= 0.3 is 0 Å². The van der Waals surface area contributed by atoms with Gasteiger partial charge < -0.3 is 5.32 Å². The van der Waals surface area contributed by atoms with Crippen molar-refractivity contribution in [3.8, 4) is 16.3 Å². The molecule has 25 heavy (non-hydrogen) atoms. The van der Waals surface area contributed by atoms with Crippen LogP contribution in [0, 0.1) is 5.82 Å². The first-order chi connectivity index (χ1) is 12.2. The van der Waals surface area contributed by atoms with Gasteiger partial charge in [-0.25, -0.2) is 9.07 Å². The maximum atomic E-state index is 13.2. The number of unbranched alkanes of at least 4 members (excludes halogenated alkanes) is 2. The summed E-state index contributed by atoms with van der Waals surface area (Å²) < 4.78 is 14.8. The highest BCUT2D eigenvalue weighted by molar-refractivity contribution is 7.13. The third kappa shape index (κ3) is 4.14. The van der Waals surface area contributed by atoms with Crippen LogP contribution in [-0.4, -0.2) is 22.2 Å². The monoisotopic (exact) mass is 357 g/mol. The molecule has 130 valence electrons. The van der Waals surface area contributed by atoms with Crippen LogP contribution < -0.4 is 5.32 Å². The third-order valence-corrected chi connectivity index (χ3v) is 4.75. The average molecular weight is 357 g/mol. The van der Waals surface area contributed by atoms with E-state index in [1.54, 1.807) is 34.2 Å². The lowest BCUT2D eigenvalue weighted by atomic mass is 10.2. The summed E-state index contributed by atoms with van der Waals surface area (Å²) in [4.78, 5) is 13.6. The molecular formula is C19H20FN3OS. The minimum atomic E-state index is -0.319. The lowest BCUT2D eigenvalue weighted by molar-refractivity contribution is 0.0945. The van der Waals surface area contributed by atoms with Gasteiger partial charge in [0.15, 0.2) is 0 Å². The van der Waals surface area contributed by atoms with Crippen molar-refractivity contribution in [1.29, 1.82) is 0 Å². The standard InChI is InChI=1S/C19H20FN3OS/c1-2-3-4-11-21-19(24)17-13-16(18-6-5-12-25-18)22-23(17)15-9-7-14(20)8-10-15/h5-10,12-13H,2-4,11H2,1H3,(H,21,24). The number of nitrogens with zero attached hydrogens (tertiary/aromatic N) is 2. The molecule has 3 rings (SSSR count). The van der Waals surface area contributed by atoms with Crippen molar-refractivity contribution in [3.05, 3.63) is 59.4 Å². The first-order valence-electron chi connectivity index (χ1n) is 8.37.